The molecule has 1 aliphatic rings. The minimum Gasteiger partial charge on any atom is -0.481 e. The molecular weight excluding hydrogens is 297 g/mol. The zero-order valence-corrected chi connectivity index (χ0v) is 12.9. The molecule has 3 rings (SSSR count). The molecule has 0 unspecified atom stereocenters. The van der Waals surface area contributed by atoms with Crippen LogP contribution in [0.2, 0.25) is 0 Å². The van der Waals surface area contributed by atoms with Crippen LogP contribution in [0.1, 0.15) is 18.7 Å². The molecular formula is C17H18FN3O2. The van der Waals surface area contributed by atoms with Gasteiger partial charge in [0, 0.05) is 24.7 Å². The highest BCUT2D eigenvalue weighted by Gasteiger charge is 2.26. The molecule has 1 atom stereocenters. The van der Waals surface area contributed by atoms with Crippen LogP contribution < -0.4 is 4.90 Å². The summed E-state index contributed by atoms with van der Waals surface area (Å²) in [6.45, 7) is 3.03. The van der Waals surface area contributed by atoms with Crippen molar-refractivity contribution in [3.8, 4) is 11.3 Å². The fraction of sp³-hybridized carbons (Fsp3) is 0.353. The fourth-order valence-corrected chi connectivity index (χ4v) is 2.87. The number of hydrogen-bond acceptors (Lipinski definition) is 4. The molecule has 1 aromatic carbocycles. The largest absolute Gasteiger partial charge is 0.481 e. The highest BCUT2D eigenvalue weighted by Crippen LogP contribution is 2.26. The zero-order valence-electron chi connectivity index (χ0n) is 12.9. The molecule has 6 heteroatoms. The quantitative estimate of drug-likeness (QED) is 0.943. The number of nitrogens with zero attached hydrogens (tertiary/aromatic N) is 3. The number of aliphatic carboxylic acids is 1. The third kappa shape index (κ3) is 3.47. The number of carboxylic acids is 1. The van der Waals surface area contributed by atoms with Crippen molar-refractivity contribution < 1.29 is 14.3 Å². The molecule has 120 valence electrons. The predicted octanol–water partition coefficient (Wildman–Crippen LogP) is 2.89. The highest BCUT2D eigenvalue weighted by molar-refractivity contribution is 5.71. The topological polar surface area (TPSA) is 66.3 Å². The van der Waals surface area contributed by atoms with Gasteiger partial charge in [-0.05, 0) is 44.0 Å². The number of anilines is 1. The van der Waals surface area contributed by atoms with Crippen LogP contribution in [-0.2, 0) is 4.79 Å². The summed E-state index contributed by atoms with van der Waals surface area (Å²) >= 11 is 0. The molecule has 0 saturated carbocycles. The fourth-order valence-electron chi connectivity index (χ4n) is 2.87. The number of hydrogen-bond donors (Lipinski definition) is 1. The Labute approximate surface area is 133 Å². The number of piperidine rings is 1. The van der Waals surface area contributed by atoms with Gasteiger partial charge in [0.15, 0.2) is 0 Å². The minimum absolute atomic E-state index is 0.292. The summed E-state index contributed by atoms with van der Waals surface area (Å²) in [6.07, 6.45) is 1.52. The van der Waals surface area contributed by atoms with Crippen LogP contribution in [0.3, 0.4) is 0 Å². The van der Waals surface area contributed by atoms with Gasteiger partial charge in [0.25, 0.3) is 0 Å². The maximum absolute atomic E-state index is 13.1. The summed E-state index contributed by atoms with van der Waals surface area (Å²) in [5.41, 5.74) is 1.52. The van der Waals surface area contributed by atoms with Crippen LogP contribution in [0.15, 0.2) is 30.3 Å². The second-order valence-corrected chi connectivity index (χ2v) is 5.79. The van der Waals surface area contributed by atoms with Crippen LogP contribution in [0.25, 0.3) is 11.3 Å². The third-order valence-corrected chi connectivity index (χ3v) is 4.06. The molecule has 0 spiro atoms. The van der Waals surface area contributed by atoms with Gasteiger partial charge < -0.3 is 10.0 Å². The Hall–Kier alpha value is -2.50. The van der Waals surface area contributed by atoms with E-state index in [4.69, 9.17) is 0 Å². The van der Waals surface area contributed by atoms with E-state index in [-0.39, 0.29) is 11.7 Å². The molecule has 0 bridgehead atoms. The zero-order chi connectivity index (χ0) is 16.4. The molecule has 5 nitrogen and oxygen atoms in total. The maximum Gasteiger partial charge on any atom is 0.308 e. The lowest BCUT2D eigenvalue weighted by Gasteiger charge is -2.31. The average Bonchev–Trinajstić information content (AvgIpc) is 2.55. The van der Waals surface area contributed by atoms with Gasteiger partial charge in [-0.1, -0.05) is 0 Å². The summed E-state index contributed by atoms with van der Waals surface area (Å²) in [5, 5.41) is 9.22. The van der Waals surface area contributed by atoms with Crippen molar-refractivity contribution in [2.24, 2.45) is 5.92 Å². The number of carboxylic acid groups (broad SMARTS) is 1. The van der Waals surface area contributed by atoms with Gasteiger partial charge >= 0.3 is 5.97 Å². The first kappa shape index (κ1) is 15.4. The number of benzene rings is 1. The SMILES string of the molecule is Cc1nc(-c2ccc(F)cc2)cc(N2CCC[C@@H](C(=O)O)C2)n1. The van der Waals surface area contributed by atoms with Gasteiger partial charge in [-0.15, -0.1) is 0 Å². The monoisotopic (exact) mass is 315 g/mol. The van der Waals surface area contributed by atoms with Crippen molar-refractivity contribution >= 4 is 11.8 Å². The smallest absolute Gasteiger partial charge is 0.308 e. The van der Waals surface area contributed by atoms with E-state index in [0.29, 0.717) is 24.5 Å². The first-order valence-electron chi connectivity index (χ1n) is 7.62. The lowest BCUT2D eigenvalue weighted by molar-refractivity contribution is -0.141. The van der Waals surface area contributed by atoms with E-state index in [0.717, 1.165) is 24.3 Å². The van der Waals surface area contributed by atoms with Gasteiger partial charge in [-0.25, -0.2) is 14.4 Å². The van der Waals surface area contributed by atoms with Crippen molar-refractivity contribution in [3.05, 3.63) is 42.0 Å². The molecule has 23 heavy (non-hydrogen) atoms. The molecule has 0 aliphatic carbocycles. The van der Waals surface area contributed by atoms with Crippen LogP contribution in [0, 0.1) is 18.7 Å². The Morgan fingerprint density at radius 3 is 2.74 bits per heavy atom. The van der Waals surface area contributed by atoms with Crippen molar-refractivity contribution in [1.29, 1.82) is 0 Å². The Kier molecular flexibility index (Phi) is 4.23. The second-order valence-electron chi connectivity index (χ2n) is 5.79. The van der Waals surface area contributed by atoms with Crippen molar-refractivity contribution in [2.45, 2.75) is 19.8 Å². The van der Waals surface area contributed by atoms with Crippen LogP contribution in [-0.4, -0.2) is 34.1 Å². The average molecular weight is 315 g/mol. The van der Waals surface area contributed by atoms with Crippen molar-refractivity contribution in [2.75, 3.05) is 18.0 Å². The van der Waals surface area contributed by atoms with E-state index >= 15 is 0 Å². The van der Waals surface area contributed by atoms with Gasteiger partial charge in [0.2, 0.25) is 0 Å². The van der Waals surface area contributed by atoms with E-state index in [9.17, 15) is 14.3 Å². The molecule has 2 heterocycles. The number of aromatic nitrogens is 2. The molecule has 1 fully saturated rings. The summed E-state index contributed by atoms with van der Waals surface area (Å²) < 4.78 is 13.1. The van der Waals surface area contributed by atoms with Gasteiger partial charge in [0.05, 0.1) is 11.6 Å². The summed E-state index contributed by atoms with van der Waals surface area (Å²) in [7, 11) is 0. The van der Waals surface area contributed by atoms with E-state index in [1.807, 2.05) is 11.0 Å². The van der Waals surface area contributed by atoms with Crippen LogP contribution in [0.4, 0.5) is 10.2 Å². The lowest BCUT2D eigenvalue weighted by Crippen LogP contribution is -2.39. The minimum atomic E-state index is -0.765. The first-order chi connectivity index (χ1) is 11.0. The standard InChI is InChI=1S/C17H18FN3O2/c1-11-19-15(12-4-6-14(18)7-5-12)9-16(20-11)21-8-2-3-13(10-21)17(22)23/h4-7,9,13H,2-3,8,10H2,1H3,(H,22,23)/t13-/m1/s1. The normalized spacial score (nSPS) is 18.0. The Balaban J connectivity index is 1.91. The Bertz CT molecular complexity index is 718. The van der Waals surface area contributed by atoms with E-state index in [1.165, 1.54) is 12.1 Å². The Morgan fingerprint density at radius 1 is 1.30 bits per heavy atom. The van der Waals surface area contributed by atoms with E-state index in [1.54, 1.807) is 19.1 Å². The van der Waals surface area contributed by atoms with E-state index < -0.39 is 5.97 Å². The van der Waals surface area contributed by atoms with Crippen LogP contribution >= 0.6 is 0 Å². The van der Waals surface area contributed by atoms with Crippen LogP contribution in [0.5, 0.6) is 0 Å². The molecule has 0 radical (unpaired) electrons. The maximum atomic E-state index is 13.1. The van der Waals surface area contributed by atoms with Gasteiger partial charge in [-0.2, -0.15) is 0 Å². The highest BCUT2D eigenvalue weighted by atomic mass is 19.1. The summed E-state index contributed by atoms with van der Waals surface area (Å²) in [4.78, 5) is 22.1. The lowest BCUT2D eigenvalue weighted by atomic mass is 9.98. The predicted molar refractivity (Wildman–Crippen MR) is 84.7 cm³/mol. The van der Waals surface area contributed by atoms with Crippen molar-refractivity contribution in [3.63, 3.8) is 0 Å². The second kappa shape index (κ2) is 6.32. The molecule has 1 aliphatic heterocycles. The number of halogens is 1. The third-order valence-electron chi connectivity index (χ3n) is 4.06. The molecule has 1 N–H and O–H groups in total. The molecule has 1 saturated heterocycles. The molecule has 1 aromatic heterocycles. The van der Waals surface area contributed by atoms with Gasteiger partial charge in [0.1, 0.15) is 17.5 Å². The molecule has 2 aromatic rings. The van der Waals surface area contributed by atoms with Gasteiger partial charge in [-0.3, -0.25) is 4.79 Å². The number of aryl methyl sites for hydroxylation is 1. The van der Waals surface area contributed by atoms with Crippen molar-refractivity contribution in [1.82, 2.24) is 9.97 Å². The first-order valence-corrected chi connectivity index (χ1v) is 7.62. The molecule has 0 amide bonds. The Morgan fingerprint density at radius 2 is 2.04 bits per heavy atom. The summed E-state index contributed by atoms with van der Waals surface area (Å²) in [5.74, 6) is -0.0883. The number of rotatable bonds is 3. The van der Waals surface area contributed by atoms with E-state index in [2.05, 4.69) is 9.97 Å². The number of carbonyl (C=O) groups is 1. The summed E-state index contributed by atoms with van der Waals surface area (Å²) in [6, 6.07) is 7.99.